The molecular weight excluding hydrogens is 224 g/mol. The van der Waals surface area contributed by atoms with Gasteiger partial charge in [-0.15, -0.1) is 0 Å². The zero-order valence-corrected chi connectivity index (χ0v) is 12.1. The Kier molecular flexibility index (Phi) is 4.91. The van der Waals surface area contributed by atoms with Crippen LogP contribution in [0.25, 0.3) is 0 Å². The van der Waals surface area contributed by atoms with Crippen molar-refractivity contribution in [2.24, 2.45) is 0 Å². The van der Waals surface area contributed by atoms with E-state index in [0.717, 1.165) is 11.3 Å². The Morgan fingerprint density at radius 3 is 2.44 bits per heavy atom. The molecule has 1 aromatic rings. The molecule has 0 unspecified atom stereocenters. The fourth-order valence-electron chi connectivity index (χ4n) is 1.72. The van der Waals surface area contributed by atoms with E-state index in [2.05, 4.69) is 43.5 Å². The van der Waals surface area contributed by atoms with E-state index in [0.29, 0.717) is 13.0 Å². The highest BCUT2D eigenvalue weighted by atomic mass is 16.1. The van der Waals surface area contributed by atoms with Crippen LogP contribution in [-0.2, 0) is 10.2 Å². The zero-order valence-electron chi connectivity index (χ0n) is 12.1. The lowest BCUT2D eigenvalue weighted by atomic mass is 9.86. The van der Waals surface area contributed by atoms with Gasteiger partial charge in [0, 0.05) is 18.7 Å². The van der Waals surface area contributed by atoms with Crippen molar-refractivity contribution in [2.45, 2.75) is 39.5 Å². The number of carbonyl (C=O) groups excluding carboxylic acids is 1. The van der Waals surface area contributed by atoms with Gasteiger partial charge < -0.3 is 10.6 Å². The second-order valence-electron chi connectivity index (χ2n) is 5.68. The Morgan fingerprint density at radius 2 is 1.94 bits per heavy atom. The van der Waals surface area contributed by atoms with Gasteiger partial charge in [-0.05, 0) is 36.6 Å². The number of rotatable bonds is 4. The van der Waals surface area contributed by atoms with E-state index in [-0.39, 0.29) is 11.3 Å². The van der Waals surface area contributed by atoms with Gasteiger partial charge in [0.05, 0.1) is 0 Å². The SMILES string of the molecule is CNCCC(=O)Nc1ccc(C(C)(C)C)cc1C. The van der Waals surface area contributed by atoms with Gasteiger partial charge >= 0.3 is 0 Å². The van der Waals surface area contributed by atoms with Gasteiger partial charge in [-0.25, -0.2) is 0 Å². The molecular formula is C15H24N2O. The number of hydrogen-bond acceptors (Lipinski definition) is 2. The Labute approximate surface area is 110 Å². The third-order valence-corrected chi connectivity index (χ3v) is 2.97. The first-order valence-electron chi connectivity index (χ1n) is 6.40. The average molecular weight is 248 g/mol. The van der Waals surface area contributed by atoms with Crippen LogP contribution in [0.4, 0.5) is 5.69 Å². The molecule has 100 valence electrons. The minimum absolute atomic E-state index is 0.0518. The summed E-state index contributed by atoms with van der Waals surface area (Å²) in [6, 6.07) is 6.22. The van der Waals surface area contributed by atoms with Crippen LogP contribution in [0.5, 0.6) is 0 Å². The van der Waals surface area contributed by atoms with Crippen molar-refractivity contribution in [3.63, 3.8) is 0 Å². The Morgan fingerprint density at radius 1 is 1.28 bits per heavy atom. The van der Waals surface area contributed by atoms with Crippen LogP contribution < -0.4 is 10.6 Å². The molecule has 0 aliphatic rings. The van der Waals surface area contributed by atoms with E-state index in [9.17, 15) is 4.79 Å². The number of aryl methyl sites for hydroxylation is 1. The summed E-state index contributed by atoms with van der Waals surface area (Å²) in [5.41, 5.74) is 3.44. The Balaban J connectivity index is 2.77. The third-order valence-electron chi connectivity index (χ3n) is 2.97. The van der Waals surface area contributed by atoms with E-state index in [1.807, 2.05) is 20.0 Å². The second kappa shape index (κ2) is 6.01. The smallest absolute Gasteiger partial charge is 0.225 e. The maximum Gasteiger partial charge on any atom is 0.225 e. The van der Waals surface area contributed by atoms with E-state index in [1.165, 1.54) is 5.56 Å². The molecule has 3 heteroatoms. The molecule has 0 radical (unpaired) electrons. The van der Waals surface area contributed by atoms with Crippen molar-refractivity contribution in [1.82, 2.24) is 5.32 Å². The zero-order chi connectivity index (χ0) is 13.8. The molecule has 0 fully saturated rings. The number of hydrogen-bond donors (Lipinski definition) is 2. The van der Waals surface area contributed by atoms with Gasteiger partial charge in [-0.1, -0.05) is 32.9 Å². The molecule has 0 heterocycles. The van der Waals surface area contributed by atoms with Gasteiger partial charge in [-0.3, -0.25) is 4.79 Å². The Bertz CT molecular complexity index is 419. The molecule has 1 aromatic carbocycles. The van der Waals surface area contributed by atoms with E-state index >= 15 is 0 Å². The van der Waals surface area contributed by atoms with E-state index < -0.39 is 0 Å². The summed E-state index contributed by atoms with van der Waals surface area (Å²) in [7, 11) is 1.84. The average Bonchev–Trinajstić information content (AvgIpc) is 2.27. The first-order valence-corrected chi connectivity index (χ1v) is 6.40. The van der Waals surface area contributed by atoms with Crippen molar-refractivity contribution in [2.75, 3.05) is 18.9 Å². The van der Waals surface area contributed by atoms with Gasteiger partial charge in [0.1, 0.15) is 0 Å². The van der Waals surface area contributed by atoms with Crippen LogP contribution in [0.15, 0.2) is 18.2 Å². The number of carbonyl (C=O) groups is 1. The van der Waals surface area contributed by atoms with E-state index in [1.54, 1.807) is 0 Å². The summed E-state index contributed by atoms with van der Waals surface area (Å²) in [5, 5.41) is 5.91. The van der Waals surface area contributed by atoms with Gasteiger partial charge in [0.25, 0.3) is 0 Å². The lowest BCUT2D eigenvalue weighted by Crippen LogP contribution is -2.19. The number of nitrogens with one attached hydrogen (secondary N) is 2. The molecule has 0 saturated carbocycles. The van der Waals surface area contributed by atoms with Crippen molar-refractivity contribution < 1.29 is 4.79 Å². The molecule has 1 amide bonds. The van der Waals surface area contributed by atoms with Crippen LogP contribution in [-0.4, -0.2) is 19.5 Å². The van der Waals surface area contributed by atoms with Gasteiger partial charge in [0.15, 0.2) is 0 Å². The monoisotopic (exact) mass is 248 g/mol. The molecule has 18 heavy (non-hydrogen) atoms. The highest BCUT2D eigenvalue weighted by Crippen LogP contribution is 2.26. The predicted molar refractivity (Wildman–Crippen MR) is 77.1 cm³/mol. The normalized spacial score (nSPS) is 11.4. The fraction of sp³-hybridized carbons (Fsp3) is 0.533. The van der Waals surface area contributed by atoms with Crippen LogP contribution in [0.3, 0.4) is 0 Å². The number of amides is 1. The lowest BCUT2D eigenvalue weighted by molar-refractivity contribution is -0.116. The van der Waals surface area contributed by atoms with Gasteiger partial charge in [-0.2, -0.15) is 0 Å². The molecule has 0 aliphatic carbocycles. The largest absolute Gasteiger partial charge is 0.326 e. The highest BCUT2D eigenvalue weighted by Gasteiger charge is 2.14. The number of benzene rings is 1. The highest BCUT2D eigenvalue weighted by molar-refractivity contribution is 5.91. The van der Waals surface area contributed by atoms with Gasteiger partial charge in [0.2, 0.25) is 5.91 Å². The summed E-state index contributed by atoms with van der Waals surface area (Å²) in [6.45, 7) is 9.29. The van der Waals surface area contributed by atoms with E-state index in [4.69, 9.17) is 0 Å². The summed E-state index contributed by atoms with van der Waals surface area (Å²) >= 11 is 0. The molecule has 0 aliphatic heterocycles. The summed E-state index contributed by atoms with van der Waals surface area (Å²) < 4.78 is 0. The summed E-state index contributed by atoms with van der Waals surface area (Å²) in [6.07, 6.45) is 0.497. The quantitative estimate of drug-likeness (QED) is 0.860. The molecule has 0 aromatic heterocycles. The standard InChI is InChI=1S/C15H24N2O/c1-11-10-12(15(2,3)4)6-7-13(11)17-14(18)8-9-16-5/h6-7,10,16H,8-9H2,1-5H3,(H,17,18). The Hall–Kier alpha value is -1.35. The third kappa shape index (κ3) is 4.15. The summed E-state index contributed by atoms with van der Waals surface area (Å²) in [5.74, 6) is 0.0518. The van der Waals surface area contributed by atoms with Crippen LogP contribution in [0.1, 0.15) is 38.3 Å². The first-order chi connectivity index (χ1) is 8.34. The van der Waals surface area contributed by atoms with Crippen molar-refractivity contribution in [1.29, 1.82) is 0 Å². The second-order valence-corrected chi connectivity index (χ2v) is 5.68. The summed E-state index contributed by atoms with van der Waals surface area (Å²) in [4.78, 5) is 11.7. The van der Waals surface area contributed by atoms with Crippen LogP contribution in [0.2, 0.25) is 0 Å². The predicted octanol–water partition coefficient (Wildman–Crippen LogP) is 2.84. The van der Waals surface area contributed by atoms with Crippen molar-refractivity contribution >= 4 is 11.6 Å². The van der Waals surface area contributed by atoms with Crippen LogP contribution >= 0.6 is 0 Å². The molecule has 0 saturated heterocycles. The van der Waals surface area contributed by atoms with Crippen molar-refractivity contribution in [3.8, 4) is 0 Å². The minimum Gasteiger partial charge on any atom is -0.326 e. The molecule has 0 spiro atoms. The number of anilines is 1. The molecule has 0 atom stereocenters. The minimum atomic E-state index is 0.0518. The van der Waals surface area contributed by atoms with Crippen molar-refractivity contribution in [3.05, 3.63) is 29.3 Å². The maximum atomic E-state index is 11.7. The van der Waals surface area contributed by atoms with Crippen LogP contribution in [0, 0.1) is 6.92 Å². The fourth-order valence-corrected chi connectivity index (χ4v) is 1.72. The molecule has 0 bridgehead atoms. The molecule has 3 nitrogen and oxygen atoms in total. The lowest BCUT2D eigenvalue weighted by Gasteiger charge is -2.20. The maximum absolute atomic E-state index is 11.7. The topological polar surface area (TPSA) is 41.1 Å². The first kappa shape index (κ1) is 14.7. The molecule has 1 rings (SSSR count). The molecule has 2 N–H and O–H groups in total.